The molecule has 0 aliphatic heterocycles. The lowest BCUT2D eigenvalue weighted by Gasteiger charge is -2.19. The van der Waals surface area contributed by atoms with Crippen LogP contribution in [-0.2, 0) is 12.0 Å². The van der Waals surface area contributed by atoms with Crippen molar-refractivity contribution >= 4 is 17.2 Å². The van der Waals surface area contributed by atoms with Crippen molar-refractivity contribution in [3.63, 3.8) is 0 Å². The second-order valence-corrected chi connectivity index (χ2v) is 7.87. The highest BCUT2D eigenvalue weighted by molar-refractivity contribution is 6.15. The first-order chi connectivity index (χ1) is 13.3. The minimum atomic E-state index is -0.201. The third-order valence-electron chi connectivity index (χ3n) is 4.72. The molecule has 0 saturated carbocycles. The van der Waals surface area contributed by atoms with Crippen molar-refractivity contribution in [3.05, 3.63) is 89.0 Å². The van der Waals surface area contributed by atoms with Crippen molar-refractivity contribution in [3.8, 4) is 5.75 Å². The van der Waals surface area contributed by atoms with Crippen molar-refractivity contribution in [1.29, 1.82) is 0 Å². The van der Waals surface area contributed by atoms with E-state index in [0.717, 1.165) is 11.1 Å². The van der Waals surface area contributed by atoms with Gasteiger partial charge in [0.1, 0.15) is 12.4 Å². The van der Waals surface area contributed by atoms with Gasteiger partial charge in [0.25, 0.3) is 0 Å². The summed E-state index contributed by atoms with van der Waals surface area (Å²) in [5, 5.41) is 0. The zero-order chi connectivity index (χ0) is 20.3. The lowest BCUT2D eigenvalue weighted by molar-refractivity contribution is 0.103. The van der Waals surface area contributed by atoms with E-state index in [1.165, 1.54) is 0 Å². The number of ether oxygens (including phenoxy) is 1. The molecule has 0 heterocycles. The number of hydrogen-bond acceptors (Lipinski definition) is 4. The first-order valence-corrected chi connectivity index (χ1v) is 9.27. The predicted octanol–water partition coefficient (Wildman–Crippen LogP) is 4.96. The Morgan fingerprint density at radius 3 is 2.14 bits per heavy atom. The summed E-state index contributed by atoms with van der Waals surface area (Å²) >= 11 is 0. The van der Waals surface area contributed by atoms with Gasteiger partial charge < -0.3 is 16.2 Å². The van der Waals surface area contributed by atoms with E-state index >= 15 is 0 Å². The number of carbonyl (C=O) groups excluding carboxylic acids is 1. The number of nitrogens with two attached hydrogens (primary N) is 2. The van der Waals surface area contributed by atoms with E-state index in [2.05, 4.69) is 20.8 Å². The van der Waals surface area contributed by atoms with Gasteiger partial charge in [0.15, 0.2) is 5.78 Å². The lowest BCUT2D eigenvalue weighted by Crippen LogP contribution is -2.13. The number of carbonyl (C=O) groups is 1. The molecule has 4 heteroatoms. The second kappa shape index (κ2) is 7.77. The highest BCUT2D eigenvalue weighted by Crippen LogP contribution is 2.33. The van der Waals surface area contributed by atoms with Crippen molar-refractivity contribution < 1.29 is 9.53 Å². The molecule has 3 aromatic rings. The second-order valence-electron chi connectivity index (χ2n) is 7.87. The Morgan fingerprint density at radius 1 is 0.893 bits per heavy atom. The summed E-state index contributed by atoms with van der Waals surface area (Å²) in [6.45, 7) is 6.74. The Hall–Kier alpha value is -3.27. The fourth-order valence-electron chi connectivity index (χ4n) is 2.97. The van der Waals surface area contributed by atoms with Crippen LogP contribution in [0.3, 0.4) is 0 Å². The van der Waals surface area contributed by atoms with Gasteiger partial charge in [-0.1, -0.05) is 75.4 Å². The smallest absolute Gasteiger partial charge is 0.198 e. The van der Waals surface area contributed by atoms with Gasteiger partial charge >= 0.3 is 0 Å². The summed E-state index contributed by atoms with van der Waals surface area (Å²) in [4.78, 5) is 13.2. The van der Waals surface area contributed by atoms with Crippen molar-refractivity contribution in [1.82, 2.24) is 0 Å². The molecule has 0 fully saturated rings. The number of rotatable bonds is 5. The quantitative estimate of drug-likeness (QED) is 0.489. The van der Waals surface area contributed by atoms with Crippen molar-refractivity contribution in [2.75, 3.05) is 11.5 Å². The SMILES string of the molecule is CC(C)(C)c1ccc(C(=O)c2c(OCc3ccccc3)ccc(N)c2N)cc1. The normalized spacial score (nSPS) is 11.2. The summed E-state index contributed by atoms with van der Waals surface area (Å²) < 4.78 is 5.92. The van der Waals surface area contributed by atoms with E-state index in [0.29, 0.717) is 29.2 Å². The van der Waals surface area contributed by atoms with Gasteiger partial charge in [0, 0.05) is 5.56 Å². The molecule has 0 unspecified atom stereocenters. The van der Waals surface area contributed by atoms with E-state index in [4.69, 9.17) is 16.2 Å². The molecule has 3 rings (SSSR count). The molecule has 0 aromatic heterocycles. The van der Waals surface area contributed by atoms with Crippen LogP contribution < -0.4 is 16.2 Å². The van der Waals surface area contributed by atoms with Crippen molar-refractivity contribution in [2.45, 2.75) is 32.8 Å². The summed E-state index contributed by atoms with van der Waals surface area (Å²) in [6.07, 6.45) is 0. The third-order valence-corrected chi connectivity index (χ3v) is 4.72. The Morgan fingerprint density at radius 2 is 1.54 bits per heavy atom. The molecule has 0 aliphatic carbocycles. The molecule has 4 nitrogen and oxygen atoms in total. The van der Waals surface area contributed by atoms with Crippen LogP contribution in [0.25, 0.3) is 0 Å². The third kappa shape index (κ3) is 4.17. The molecule has 0 radical (unpaired) electrons. The fourth-order valence-corrected chi connectivity index (χ4v) is 2.97. The van der Waals surface area contributed by atoms with Gasteiger partial charge in [-0.2, -0.15) is 0 Å². The Bertz CT molecular complexity index is 972. The molecule has 0 atom stereocenters. The van der Waals surface area contributed by atoms with Crippen LogP contribution in [0, 0.1) is 0 Å². The highest BCUT2D eigenvalue weighted by Gasteiger charge is 2.21. The highest BCUT2D eigenvalue weighted by atomic mass is 16.5. The first kappa shape index (κ1) is 19.5. The standard InChI is InChI=1S/C24H26N2O2/c1-24(2,3)18-11-9-17(10-12-18)23(27)21-20(14-13-19(25)22(21)26)28-15-16-7-5-4-6-8-16/h4-14H,15,25-26H2,1-3H3. The van der Waals surface area contributed by atoms with E-state index < -0.39 is 0 Å². The molecule has 0 spiro atoms. The van der Waals surface area contributed by atoms with Gasteiger partial charge in [-0.25, -0.2) is 0 Å². The van der Waals surface area contributed by atoms with Gasteiger partial charge in [0.05, 0.1) is 16.9 Å². The number of nitrogen functional groups attached to an aromatic ring is 2. The number of benzene rings is 3. The Labute approximate surface area is 166 Å². The Balaban J connectivity index is 1.93. The van der Waals surface area contributed by atoms with E-state index in [-0.39, 0.29) is 16.9 Å². The Kier molecular flexibility index (Phi) is 5.41. The zero-order valence-electron chi connectivity index (χ0n) is 16.5. The minimum absolute atomic E-state index is 0.0156. The number of ketones is 1. The van der Waals surface area contributed by atoms with Crippen LogP contribution in [0.2, 0.25) is 0 Å². The average Bonchev–Trinajstić information content (AvgIpc) is 2.68. The van der Waals surface area contributed by atoms with Gasteiger partial charge in [-0.15, -0.1) is 0 Å². The van der Waals surface area contributed by atoms with E-state index in [9.17, 15) is 4.79 Å². The maximum Gasteiger partial charge on any atom is 0.198 e. The molecule has 4 N–H and O–H groups in total. The molecular formula is C24H26N2O2. The largest absolute Gasteiger partial charge is 0.488 e. The number of hydrogen-bond donors (Lipinski definition) is 2. The lowest BCUT2D eigenvalue weighted by atomic mass is 9.86. The molecule has 0 amide bonds. The minimum Gasteiger partial charge on any atom is -0.488 e. The average molecular weight is 374 g/mol. The molecule has 0 bridgehead atoms. The predicted molar refractivity (Wildman–Crippen MR) is 115 cm³/mol. The van der Waals surface area contributed by atoms with Gasteiger partial charge in [0.2, 0.25) is 0 Å². The van der Waals surface area contributed by atoms with Crippen LogP contribution in [0.15, 0.2) is 66.7 Å². The fraction of sp³-hybridized carbons (Fsp3) is 0.208. The molecule has 0 saturated heterocycles. The first-order valence-electron chi connectivity index (χ1n) is 9.27. The van der Waals surface area contributed by atoms with Crippen LogP contribution in [0.5, 0.6) is 5.75 Å². The van der Waals surface area contributed by atoms with Crippen LogP contribution in [0.1, 0.15) is 47.8 Å². The molecule has 144 valence electrons. The summed E-state index contributed by atoms with van der Waals surface area (Å²) in [5.41, 5.74) is 15.8. The zero-order valence-corrected chi connectivity index (χ0v) is 16.5. The van der Waals surface area contributed by atoms with Crippen LogP contribution >= 0.6 is 0 Å². The number of anilines is 2. The topological polar surface area (TPSA) is 78.3 Å². The van der Waals surface area contributed by atoms with Crippen LogP contribution in [-0.4, -0.2) is 5.78 Å². The summed E-state index contributed by atoms with van der Waals surface area (Å²) in [6, 6.07) is 20.7. The van der Waals surface area contributed by atoms with E-state index in [1.807, 2.05) is 54.6 Å². The molecule has 28 heavy (non-hydrogen) atoms. The van der Waals surface area contributed by atoms with Gasteiger partial charge in [-0.3, -0.25) is 4.79 Å². The van der Waals surface area contributed by atoms with E-state index in [1.54, 1.807) is 12.1 Å². The summed E-state index contributed by atoms with van der Waals surface area (Å²) in [7, 11) is 0. The monoisotopic (exact) mass is 374 g/mol. The van der Waals surface area contributed by atoms with Crippen molar-refractivity contribution in [2.24, 2.45) is 0 Å². The molecule has 0 aliphatic rings. The summed E-state index contributed by atoms with van der Waals surface area (Å²) in [5.74, 6) is 0.230. The van der Waals surface area contributed by atoms with Gasteiger partial charge in [-0.05, 0) is 28.7 Å². The maximum atomic E-state index is 13.2. The molecular weight excluding hydrogens is 348 g/mol. The molecule has 3 aromatic carbocycles. The van der Waals surface area contributed by atoms with Crippen LogP contribution in [0.4, 0.5) is 11.4 Å². The maximum absolute atomic E-state index is 13.2.